The lowest BCUT2D eigenvalue weighted by Gasteiger charge is -2.26. The highest BCUT2D eigenvalue weighted by Crippen LogP contribution is 2.17. The second-order valence-corrected chi connectivity index (χ2v) is 24.4. The van der Waals surface area contributed by atoms with E-state index in [1.54, 1.807) is 0 Å². The fourth-order valence-corrected chi connectivity index (χ4v) is 9.67. The fraction of sp³-hybridized carbons (Fsp3) is 0.724. The van der Waals surface area contributed by atoms with Crippen LogP contribution in [0.4, 0.5) is 0 Å². The maximum Gasteiger partial charge on any atom is 0.306 e. The second kappa shape index (κ2) is 65.9. The lowest BCUT2D eigenvalue weighted by atomic mass is 10.0. The summed E-state index contributed by atoms with van der Waals surface area (Å²) in [5.41, 5.74) is 0. The minimum absolute atomic E-state index is 0.140. The molecule has 0 fully saturated rings. The number of carboxylic acids is 1. The van der Waals surface area contributed by atoms with Gasteiger partial charge >= 0.3 is 11.9 Å². The Hall–Kier alpha value is -4.05. The number of aliphatic carboxylic acids is 1. The number of quaternary nitrogens is 1. The maximum absolute atomic E-state index is 12.9. The summed E-state index contributed by atoms with van der Waals surface area (Å²) in [6, 6.07) is 0. The molecule has 0 aliphatic heterocycles. The van der Waals surface area contributed by atoms with Gasteiger partial charge in [0, 0.05) is 12.8 Å². The highest BCUT2D eigenvalue weighted by molar-refractivity contribution is 5.70. The van der Waals surface area contributed by atoms with Crippen molar-refractivity contribution in [1.29, 1.82) is 0 Å². The molecular formula is C76H131NO8. The number of carbonyl (C=O) groups excluding carboxylic acids is 3. The summed E-state index contributed by atoms with van der Waals surface area (Å²) in [5.74, 6) is -2.30. The molecule has 0 N–H and O–H groups in total. The largest absolute Gasteiger partial charge is 0.545 e. The number of allylic oxidation sites excluding steroid dienone is 18. The van der Waals surface area contributed by atoms with E-state index in [4.69, 9.17) is 18.9 Å². The number of hydrogen-bond acceptors (Lipinski definition) is 8. The average molecular weight is 1190 g/mol. The molecule has 0 saturated carbocycles. The smallest absolute Gasteiger partial charge is 0.306 e. The van der Waals surface area contributed by atoms with Crippen LogP contribution in [0.25, 0.3) is 0 Å². The quantitative estimate of drug-likeness (QED) is 0.0195. The summed E-state index contributed by atoms with van der Waals surface area (Å²) in [4.78, 5) is 37.5. The Labute approximate surface area is 524 Å². The molecule has 9 nitrogen and oxygen atoms in total. The van der Waals surface area contributed by atoms with Gasteiger partial charge in [-0.1, -0.05) is 290 Å². The predicted molar refractivity (Wildman–Crippen MR) is 361 cm³/mol. The number of esters is 2. The van der Waals surface area contributed by atoms with Gasteiger partial charge in [-0.05, 0) is 103 Å². The van der Waals surface area contributed by atoms with Crippen LogP contribution in [-0.2, 0) is 33.3 Å². The Morgan fingerprint density at radius 1 is 0.365 bits per heavy atom. The first-order valence-corrected chi connectivity index (χ1v) is 35.0. The van der Waals surface area contributed by atoms with Crippen LogP contribution in [0.3, 0.4) is 0 Å². The van der Waals surface area contributed by atoms with Gasteiger partial charge in [-0.25, -0.2) is 0 Å². The normalized spacial score (nSPS) is 13.4. The summed E-state index contributed by atoms with van der Waals surface area (Å²) in [6.07, 6.45) is 88.8. The van der Waals surface area contributed by atoms with Crippen molar-refractivity contribution in [1.82, 2.24) is 0 Å². The molecule has 0 aromatic heterocycles. The van der Waals surface area contributed by atoms with Crippen LogP contribution in [0, 0.1) is 0 Å². The molecule has 0 spiro atoms. The number of likely N-dealkylation sites (N-methyl/N-ethyl adjacent to an activating group) is 1. The van der Waals surface area contributed by atoms with E-state index in [-0.39, 0.29) is 38.6 Å². The van der Waals surface area contributed by atoms with Gasteiger partial charge in [-0.3, -0.25) is 9.59 Å². The van der Waals surface area contributed by atoms with Gasteiger partial charge in [0.15, 0.2) is 12.4 Å². The SMILES string of the molecule is CC/C=C\C/C=C\C/C=C\C/C=C\C/C=C\C/C=C\C/C=C\C/C=C\CCCCCCCCC(=O)OC(COC(=O)CCCCCCCCCCCCCCCCCCC/C=C\CCCCCCCCCC)COC(OCC[N+](C)(C)C)C(=O)[O-]. The molecule has 0 heterocycles. The number of rotatable bonds is 64. The van der Waals surface area contributed by atoms with Crippen molar-refractivity contribution < 1.29 is 42.9 Å². The molecule has 2 unspecified atom stereocenters. The van der Waals surface area contributed by atoms with Crippen LogP contribution in [0.2, 0.25) is 0 Å². The minimum atomic E-state index is -1.63. The predicted octanol–water partition coefficient (Wildman–Crippen LogP) is 20.5. The monoisotopic (exact) mass is 1190 g/mol. The first kappa shape index (κ1) is 81.0. The molecule has 0 amide bonds. The molecule has 85 heavy (non-hydrogen) atoms. The van der Waals surface area contributed by atoms with E-state index in [1.807, 2.05) is 21.1 Å². The Morgan fingerprint density at radius 3 is 1.01 bits per heavy atom. The van der Waals surface area contributed by atoms with Crippen molar-refractivity contribution in [3.63, 3.8) is 0 Å². The summed E-state index contributed by atoms with van der Waals surface area (Å²) < 4.78 is 22.8. The van der Waals surface area contributed by atoms with Gasteiger partial charge < -0.3 is 33.3 Å². The van der Waals surface area contributed by atoms with E-state index < -0.39 is 24.3 Å². The minimum Gasteiger partial charge on any atom is -0.545 e. The number of nitrogens with zero attached hydrogens (tertiary/aromatic N) is 1. The summed E-state index contributed by atoms with van der Waals surface area (Å²) in [6.45, 7) is 4.64. The Balaban J connectivity index is 4.18. The summed E-state index contributed by atoms with van der Waals surface area (Å²) in [7, 11) is 5.92. The van der Waals surface area contributed by atoms with E-state index in [0.717, 1.165) is 109 Å². The van der Waals surface area contributed by atoms with Crippen LogP contribution in [0.5, 0.6) is 0 Å². The number of hydrogen-bond donors (Lipinski definition) is 0. The third-order valence-corrected chi connectivity index (χ3v) is 15.0. The van der Waals surface area contributed by atoms with E-state index in [9.17, 15) is 19.5 Å². The molecule has 0 rings (SSSR count). The van der Waals surface area contributed by atoms with Gasteiger partial charge in [-0.15, -0.1) is 0 Å². The Morgan fingerprint density at radius 2 is 0.671 bits per heavy atom. The molecule has 0 aliphatic rings. The number of ether oxygens (including phenoxy) is 4. The lowest BCUT2D eigenvalue weighted by molar-refractivity contribution is -0.870. The van der Waals surface area contributed by atoms with Gasteiger partial charge in [-0.2, -0.15) is 0 Å². The van der Waals surface area contributed by atoms with Gasteiger partial charge in [0.25, 0.3) is 0 Å². The fourth-order valence-electron chi connectivity index (χ4n) is 9.67. The van der Waals surface area contributed by atoms with E-state index >= 15 is 0 Å². The first-order chi connectivity index (χ1) is 41.6. The van der Waals surface area contributed by atoms with Crippen molar-refractivity contribution in [2.24, 2.45) is 0 Å². The number of unbranched alkanes of at least 4 members (excludes halogenated alkanes) is 31. The standard InChI is InChI=1S/C76H131NO8/c1-6-8-10-12-14-16-18-20-22-24-26-28-30-32-34-36-37-39-41-43-45-47-49-51-53-55-57-59-61-63-65-67-74(79)85-72(71-84-76(75(80)81)82-69-68-77(3,4)5)70-83-73(78)66-64-62-60-58-56-54-52-50-48-46-44-42-40-38-35-33-31-29-27-25-23-21-19-17-15-13-11-9-7-2/h8,10,14,16,20,22,25-28,32,34,37,39,43,45,49,51,72,76H,6-7,9,11-13,15,17-19,21,23-24,29-31,33,35-36,38,40-42,44,46-48,50,52-71H2,1-5H3/b10-8-,16-14-,22-20-,27-25-,28-26-,34-32-,39-37-,45-43-,51-49-. The van der Waals surface area contributed by atoms with Crippen molar-refractivity contribution in [3.8, 4) is 0 Å². The molecule has 0 saturated heterocycles. The molecule has 2 atom stereocenters. The Bertz CT molecular complexity index is 1760. The van der Waals surface area contributed by atoms with Crippen LogP contribution >= 0.6 is 0 Å². The van der Waals surface area contributed by atoms with E-state index in [1.165, 1.54) is 154 Å². The van der Waals surface area contributed by atoms with E-state index in [2.05, 4.69) is 123 Å². The summed E-state index contributed by atoms with van der Waals surface area (Å²) in [5, 5.41) is 11.8. The molecule has 0 radical (unpaired) electrons. The highest BCUT2D eigenvalue weighted by atomic mass is 16.7. The van der Waals surface area contributed by atoms with Crippen molar-refractivity contribution in [2.75, 3.05) is 47.5 Å². The second-order valence-electron chi connectivity index (χ2n) is 24.4. The topological polar surface area (TPSA) is 111 Å². The number of carboxylic acid groups (broad SMARTS) is 1. The summed E-state index contributed by atoms with van der Waals surface area (Å²) >= 11 is 0. The van der Waals surface area contributed by atoms with Gasteiger partial charge in [0.2, 0.25) is 0 Å². The maximum atomic E-state index is 12.9. The Kier molecular flexibility index (Phi) is 62.8. The lowest BCUT2D eigenvalue weighted by Crippen LogP contribution is -2.44. The first-order valence-electron chi connectivity index (χ1n) is 35.0. The molecule has 0 aliphatic carbocycles. The zero-order valence-corrected chi connectivity index (χ0v) is 55.7. The zero-order chi connectivity index (χ0) is 61.9. The molecule has 0 aromatic carbocycles. The average Bonchev–Trinajstić information content (AvgIpc) is 3.49. The van der Waals surface area contributed by atoms with Crippen molar-refractivity contribution in [2.45, 2.75) is 309 Å². The highest BCUT2D eigenvalue weighted by Gasteiger charge is 2.22. The molecular weight excluding hydrogens is 1050 g/mol. The van der Waals surface area contributed by atoms with Gasteiger partial charge in [0.1, 0.15) is 13.2 Å². The molecule has 0 aromatic rings. The third-order valence-electron chi connectivity index (χ3n) is 15.0. The van der Waals surface area contributed by atoms with Crippen LogP contribution < -0.4 is 5.11 Å². The van der Waals surface area contributed by atoms with Crippen molar-refractivity contribution in [3.05, 3.63) is 109 Å². The third kappa shape index (κ3) is 67.3. The van der Waals surface area contributed by atoms with Crippen LogP contribution in [0.1, 0.15) is 296 Å². The van der Waals surface area contributed by atoms with Gasteiger partial charge in [0.05, 0.1) is 40.3 Å². The van der Waals surface area contributed by atoms with E-state index in [0.29, 0.717) is 17.4 Å². The number of carbonyl (C=O) groups is 3. The zero-order valence-electron chi connectivity index (χ0n) is 55.7. The molecule has 9 heteroatoms. The molecule has 488 valence electrons. The van der Waals surface area contributed by atoms with Crippen LogP contribution in [-0.4, -0.2) is 82.3 Å². The van der Waals surface area contributed by atoms with Crippen LogP contribution in [0.15, 0.2) is 109 Å². The van der Waals surface area contributed by atoms with Crippen molar-refractivity contribution >= 4 is 17.9 Å². The molecule has 0 bridgehead atoms.